The van der Waals surface area contributed by atoms with Gasteiger partial charge in [0.2, 0.25) is 0 Å². The van der Waals surface area contributed by atoms with E-state index in [-0.39, 0.29) is 23.0 Å². The van der Waals surface area contributed by atoms with Crippen molar-refractivity contribution >= 4 is 57.6 Å². The minimum atomic E-state index is -4.14. The summed E-state index contributed by atoms with van der Waals surface area (Å²) in [5.41, 5.74) is 0.530. The van der Waals surface area contributed by atoms with Crippen LogP contribution >= 0.6 is 34.8 Å². The van der Waals surface area contributed by atoms with Gasteiger partial charge in [0.1, 0.15) is 5.60 Å². The van der Waals surface area contributed by atoms with Gasteiger partial charge in [-0.2, -0.15) is 8.78 Å². The van der Waals surface area contributed by atoms with Crippen molar-refractivity contribution in [3.05, 3.63) is 69.2 Å². The lowest BCUT2D eigenvalue weighted by Gasteiger charge is -2.46. The Morgan fingerprint density at radius 3 is 2.27 bits per heavy atom. The van der Waals surface area contributed by atoms with Gasteiger partial charge in [-0.05, 0) is 93.5 Å². The molecule has 0 aliphatic carbocycles. The van der Waals surface area contributed by atoms with Gasteiger partial charge in [-0.25, -0.2) is 4.79 Å². The van der Waals surface area contributed by atoms with Crippen LogP contribution in [0.4, 0.5) is 13.6 Å². The Hall–Kier alpha value is -1.98. The fourth-order valence-corrected chi connectivity index (χ4v) is 8.56. The van der Waals surface area contributed by atoms with E-state index in [0.717, 1.165) is 16.0 Å². The first kappa shape index (κ1) is 34.9. The van der Waals surface area contributed by atoms with Crippen LogP contribution < -0.4 is 0 Å². The number of likely N-dealkylation sites (tertiary alicyclic amines) is 1. The number of hydrogen-bond donors (Lipinski definition) is 0. The summed E-state index contributed by atoms with van der Waals surface area (Å²) in [6.07, 6.45) is 0.890. The molecule has 2 heterocycles. The number of rotatable bonds is 8. The predicted molar refractivity (Wildman–Crippen MR) is 171 cm³/mol. The zero-order valence-corrected chi connectivity index (χ0v) is 28.6. The summed E-state index contributed by atoms with van der Waals surface area (Å²) in [7, 11) is 1.69. The molecule has 2 aromatic rings. The number of carbonyl (C=O) groups excluding carboxylic acids is 2. The Labute approximate surface area is 275 Å². The average Bonchev–Trinajstić information content (AvgIpc) is 3.21. The van der Waals surface area contributed by atoms with Crippen molar-refractivity contribution in [2.45, 2.75) is 67.1 Å². The van der Waals surface area contributed by atoms with Crippen molar-refractivity contribution in [3.63, 3.8) is 0 Å². The third-order valence-electron chi connectivity index (χ3n) is 8.59. The van der Waals surface area contributed by atoms with Crippen LogP contribution in [0, 0.1) is 0 Å². The lowest BCUT2D eigenvalue weighted by Crippen LogP contribution is -2.57. The number of carbonyl (C=O) groups is 2. The van der Waals surface area contributed by atoms with Gasteiger partial charge in [-0.15, -0.1) is 0 Å². The number of benzene rings is 2. The van der Waals surface area contributed by atoms with Gasteiger partial charge in [0.05, 0.1) is 20.3 Å². The van der Waals surface area contributed by atoms with Gasteiger partial charge >= 0.3 is 17.4 Å². The molecule has 242 valence electrons. The predicted octanol–water partition coefficient (Wildman–Crippen LogP) is 6.99. The van der Waals surface area contributed by atoms with Gasteiger partial charge in [0, 0.05) is 43.7 Å². The Kier molecular flexibility index (Phi) is 10.3. The van der Waals surface area contributed by atoms with Crippen molar-refractivity contribution in [1.82, 2.24) is 14.7 Å². The SMILES string of the molecule is CN(CC(CCN1CCC2(CC1)c1ccccc1C[S@@]2=O)(c1ccc(Cl)c(Cl)c1)N(C)C(=O)OC(C)(C)C)C(=O)C(F)(F)Cl. The van der Waals surface area contributed by atoms with Crippen LogP contribution in [0.2, 0.25) is 10.0 Å². The second-order valence-electron chi connectivity index (χ2n) is 12.6. The molecule has 1 spiro atoms. The molecular weight excluding hydrogens is 655 g/mol. The van der Waals surface area contributed by atoms with E-state index < -0.39 is 44.1 Å². The number of fused-ring (bicyclic) bond motifs is 2. The number of alkyl halides is 3. The van der Waals surface area contributed by atoms with Crippen molar-refractivity contribution in [3.8, 4) is 0 Å². The Balaban J connectivity index is 1.68. The molecule has 4 rings (SSSR count). The van der Waals surface area contributed by atoms with Crippen molar-refractivity contribution in [2.24, 2.45) is 0 Å². The van der Waals surface area contributed by atoms with Gasteiger partial charge in [-0.1, -0.05) is 53.5 Å². The van der Waals surface area contributed by atoms with Crippen molar-refractivity contribution < 1.29 is 27.3 Å². The van der Waals surface area contributed by atoms with Crippen LogP contribution in [-0.4, -0.2) is 82.2 Å². The topological polar surface area (TPSA) is 70.2 Å². The van der Waals surface area contributed by atoms with Crippen LogP contribution in [0.25, 0.3) is 0 Å². The Bertz CT molecular complexity index is 1430. The number of nitrogens with zero attached hydrogens (tertiary/aromatic N) is 3. The van der Waals surface area contributed by atoms with Gasteiger partial charge in [0.25, 0.3) is 0 Å². The monoisotopic (exact) mass is 691 g/mol. The highest BCUT2D eigenvalue weighted by molar-refractivity contribution is 7.85. The summed E-state index contributed by atoms with van der Waals surface area (Å²) < 4.78 is 46.6. The maximum absolute atomic E-state index is 14.0. The highest BCUT2D eigenvalue weighted by atomic mass is 35.5. The normalized spacial score (nSPS) is 19.7. The summed E-state index contributed by atoms with van der Waals surface area (Å²) in [6, 6.07) is 12.9. The molecule has 13 heteroatoms. The van der Waals surface area contributed by atoms with E-state index in [4.69, 9.17) is 39.5 Å². The summed E-state index contributed by atoms with van der Waals surface area (Å²) in [5.74, 6) is -1.06. The highest BCUT2D eigenvalue weighted by Gasteiger charge is 2.49. The van der Waals surface area contributed by atoms with E-state index in [1.165, 1.54) is 19.0 Å². The smallest absolute Gasteiger partial charge is 0.410 e. The molecule has 0 saturated carbocycles. The maximum atomic E-state index is 14.0. The zero-order chi connectivity index (χ0) is 32.7. The molecule has 0 radical (unpaired) electrons. The Morgan fingerprint density at radius 2 is 1.68 bits per heavy atom. The number of likely N-dealkylation sites (N-methyl/N-ethyl adjacent to an activating group) is 2. The van der Waals surface area contributed by atoms with Crippen LogP contribution in [-0.2, 0) is 36.4 Å². The highest BCUT2D eigenvalue weighted by Crippen LogP contribution is 2.47. The van der Waals surface area contributed by atoms with E-state index in [1.807, 2.05) is 18.2 Å². The fraction of sp³-hybridized carbons (Fsp3) is 0.548. The van der Waals surface area contributed by atoms with Gasteiger partial charge < -0.3 is 14.5 Å². The molecule has 2 amide bonds. The number of amides is 2. The van der Waals surface area contributed by atoms with Gasteiger partial charge in [0.15, 0.2) is 0 Å². The van der Waals surface area contributed by atoms with Crippen LogP contribution in [0.1, 0.15) is 56.7 Å². The molecule has 2 atom stereocenters. The maximum Gasteiger partial charge on any atom is 0.410 e. The molecule has 0 N–H and O–H groups in total. The summed E-state index contributed by atoms with van der Waals surface area (Å²) >= 11 is 17.8. The summed E-state index contributed by atoms with van der Waals surface area (Å²) in [4.78, 5) is 30.6. The minimum Gasteiger partial charge on any atom is -0.444 e. The standard InChI is InChI=1S/C31H38Cl3F2N3O4S/c1-28(2,3)43-27(41)38(5)29(20-37(4)26(40)31(34,35)36,22-10-11-24(32)25(33)18-22)12-15-39-16-13-30(14-17-39)23-9-7-6-8-21(23)19-44(30)42/h6-11,18H,12-17,19-20H2,1-5H3/t29?,44-/m0/s1. The second-order valence-corrected chi connectivity index (χ2v) is 15.6. The lowest BCUT2D eigenvalue weighted by molar-refractivity contribution is -0.147. The Morgan fingerprint density at radius 1 is 1.05 bits per heavy atom. The lowest BCUT2D eigenvalue weighted by atomic mass is 9.83. The minimum absolute atomic E-state index is 0.199. The molecule has 2 aromatic carbocycles. The zero-order valence-electron chi connectivity index (χ0n) is 25.5. The van der Waals surface area contributed by atoms with E-state index in [2.05, 4.69) is 11.0 Å². The molecule has 44 heavy (non-hydrogen) atoms. The third-order valence-corrected chi connectivity index (χ3v) is 11.6. The first-order valence-corrected chi connectivity index (χ1v) is 16.8. The molecule has 0 aromatic heterocycles. The molecule has 2 aliphatic rings. The van der Waals surface area contributed by atoms with Crippen LogP contribution in [0.5, 0.6) is 0 Å². The third kappa shape index (κ3) is 7.20. The average molecular weight is 693 g/mol. The molecular formula is C31H38Cl3F2N3O4S. The van der Waals surface area contributed by atoms with Crippen LogP contribution in [0.3, 0.4) is 0 Å². The molecule has 1 fully saturated rings. The number of piperidine rings is 1. The summed E-state index contributed by atoms with van der Waals surface area (Å²) in [6.45, 7) is 6.53. The number of ether oxygens (including phenoxy) is 1. The van der Waals surface area contributed by atoms with E-state index in [0.29, 0.717) is 43.8 Å². The largest absolute Gasteiger partial charge is 0.444 e. The number of hydrogen-bond acceptors (Lipinski definition) is 5. The number of halogens is 5. The molecule has 1 unspecified atom stereocenters. The first-order chi connectivity index (χ1) is 20.4. The molecule has 2 aliphatic heterocycles. The second kappa shape index (κ2) is 13.0. The van der Waals surface area contributed by atoms with E-state index >= 15 is 0 Å². The quantitative estimate of drug-likeness (QED) is 0.279. The molecule has 0 bridgehead atoms. The fourth-order valence-electron chi connectivity index (χ4n) is 6.22. The van der Waals surface area contributed by atoms with Gasteiger partial charge in [-0.3, -0.25) is 13.9 Å². The first-order valence-electron chi connectivity index (χ1n) is 14.3. The van der Waals surface area contributed by atoms with Crippen molar-refractivity contribution in [2.75, 3.05) is 40.3 Å². The van der Waals surface area contributed by atoms with E-state index in [9.17, 15) is 22.6 Å². The van der Waals surface area contributed by atoms with Crippen LogP contribution in [0.15, 0.2) is 42.5 Å². The van der Waals surface area contributed by atoms with Crippen molar-refractivity contribution in [1.29, 1.82) is 0 Å². The molecule has 7 nitrogen and oxygen atoms in total. The van der Waals surface area contributed by atoms with E-state index in [1.54, 1.807) is 39.0 Å². The molecule has 1 saturated heterocycles. The summed E-state index contributed by atoms with van der Waals surface area (Å²) in [5, 5.41) is -3.67.